The van der Waals surface area contributed by atoms with E-state index in [1.54, 1.807) is 29.7 Å². The zero-order chi connectivity index (χ0) is 23.0. The molecule has 4 aromatic rings. The van der Waals surface area contributed by atoms with E-state index in [4.69, 9.17) is 9.72 Å². The highest BCUT2D eigenvalue weighted by Gasteiger charge is 2.13. The van der Waals surface area contributed by atoms with Crippen LogP contribution in [-0.2, 0) is 24.2 Å². The lowest BCUT2D eigenvalue weighted by molar-refractivity contribution is 0.0600. The van der Waals surface area contributed by atoms with Crippen molar-refractivity contribution in [2.75, 3.05) is 13.7 Å². The molecule has 0 saturated heterocycles. The van der Waals surface area contributed by atoms with Crippen molar-refractivity contribution in [2.24, 2.45) is 0 Å². The summed E-state index contributed by atoms with van der Waals surface area (Å²) in [4.78, 5) is 23.2. The number of rotatable bonds is 9. The zero-order valence-electron chi connectivity index (χ0n) is 18.3. The van der Waals surface area contributed by atoms with Gasteiger partial charge in [0, 0.05) is 48.9 Å². The molecule has 0 aliphatic rings. The van der Waals surface area contributed by atoms with Crippen LogP contribution in [0.3, 0.4) is 0 Å². The summed E-state index contributed by atoms with van der Waals surface area (Å²) in [6.07, 6.45) is 2.62. The molecule has 4 rings (SSSR count). The molecule has 0 unspecified atom stereocenters. The Kier molecular flexibility index (Phi) is 7.55. The van der Waals surface area contributed by atoms with Crippen molar-refractivity contribution >= 4 is 17.3 Å². The average molecular weight is 462 g/mol. The second-order valence-electron chi connectivity index (χ2n) is 7.62. The molecule has 5 nitrogen and oxygen atoms in total. The molecule has 33 heavy (non-hydrogen) atoms. The highest BCUT2D eigenvalue weighted by molar-refractivity contribution is 7.13. The smallest absolute Gasteiger partial charge is 0.337 e. The van der Waals surface area contributed by atoms with Crippen molar-refractivity contribution in [3.63, 3.8) is 0 Å². The first-order valence-corrected chi connectivity index (χ1v) is 11.5. The molecule has 7 heteroatoms. The summed E-state index contributed by atoms with van der Waals surface area (Å²) >= 11 is 1.57. The largest absolute Gasteiger partial charge is 0.465 e. The van der Waals surface area contributed by atoms with Gasteiger partial charge in [0.25, 0.3) is 0 Å². The second-order valence-corrected chi connectivity index (χ2v) is 8.48. The third-order valence-corrected chi connectivity index (χ3v) is 6.16. The van der Waals surface area contributed by atoms with Gasteiger partial charge in [-0.3, -0.25) is 9.88 Å². The van der Waals surface area contributed by atoms with Crippen LogP contribution in [0, 0.1) is 5.82 Å². The van der Waals surface area contributed by atoms with Crippen molar-refractivity contribution in [2.45, 2.75) is 19.5 Å². The maximum atomic E-state index is 13.3. The van der Waals surface area contributed by atoms with Crippen LogP contribution < -0.4 is 0 Å². The molecule has 0 saturated carbocycles. The number of nitrogens with zero attached hydrogens (tertiary/aromatic N) is 3. The summed E-state index contributed by atoms with van der Waals surface area (Å²) in [6, 6.07) is 19.8. The van der Waals surface area contributed by atoms with Crippen molar-refractivity contribution in [3.05, 3.63) is 107 Å². The molecule has 0 fully saturated rings. The summed E-state index contributed by atoms with van der Waals surface area (Å²) in [5.41, 5.74) is 4.52. The summed E-state index contributed by atoms with van der Waals surface area (Å²) in [6.45, 7) is 2.16. The Morgan fingerprint density at radius 3 is 2.48 bits per heavy atom. The Bertz CT molecular complexity index is 1180. The number of carbonyl (C=O) groups excluding carboxylic acids is 1. The first-order chi connectivity index (χ1) is 16.1. The number of halogens is 1. The van der Waals surface area contributed by atoms with Crippen molar-refractivity contribution in [3.8, 4) is 10.6 Å². The molecular weight excluding hydrogens is 437 g/mol. The number of hydrogen-bond acceptors (Lipinski definition) is 6. The fourth-order valence-electron chi connectivity index (χ4n) is 3.49. The maximum absolute atomic E-state index is 13.3. The van der Waals surface area contributed by atoms with Crippen molar-refractivity contribution < 1.29 is 13.9 Å². The van der Waals surface area contributed by atoms with Crippen LogP contribution in [0.15, 0.2) is 78.3 Å². The fourth-order valence-corrected chi connectivity index (χ4v) is 4.31. The molecule has 2 aromatic carbocycles. The van der Waals surface area contributed by atoms with Gasteiger partial charge in [-0.05, 0) is 42.0 Å². The standard InChI is InChI=1S/C26H24FN3O2S/c1-32-26(31)21-9-7-20(8-10-21)25-29-24(18-33-25)17-30(15-13-23-4-2-3-14-28-23)16-19-5-11-22(27)12-6-19/h2-12,14,18H,13,15-17H2,1H3. The second kappa shape index (κ2) is 10.9. The van der Waals surface area contributed by atoms with Gasteiger partial charge in [0.2, 0.25) is 0 Å². The number of hydrogen-bond donors (Lipinski definition) is 0. The third-order valence-electron chi connectivity index (χ3n) is 5.22. The molecule has 2 aromatic heterocycles. The predicted molar refractivity (Wildman–Crippen MR) is 127 cm³/mol. The molecule has 0 bridgehead atoms. The van der Waals surface area contributed by atoms with Crippen LogP contribution >= 0.6 is 11.3 Å². The topological polar surface area (TPSA) is 55.3 Å². The van der Waals surface area contributed by atoms with Gasteiger partial charge in [-0.15, -0.1) is 11.3 Å². The van der Waals surface area contributed by atoms with Gasteiger partial charge >= 0.3 is 5.97 Å². The number of ether oxygens (including phenoxy) is 1. The normalized spacial score (nSPS) is 11.0. The maximum Gasteiger partial charge on any atom is 0.337 e. The van der Waals surface area contributed by atoms with E-state index < -0.39 is 0 Å². The first-order valence-electron chi connectivity index (χ1n) is 10.6. The molecule has 0 spiro atoms. The van der Waals surface area contributed by atoms with Crippen LogP contribution in [0.25, 0.3) is 10.6 Å². The molecular formula is C26H24FN3O2S. The summed E-state index contributed by atoms with van der Waals surface area (Å²) in [7, 11) is 1.37. The van der Waals surface area contributed by atoms with E-state index >= 15 is 0 Å². The number of pyridine rings is 1. The van der Waals surface area contributed by atoms with Gasteiger partial charge in [0.05, 0.1) is 18.4 Å². The number of carbonyl (C=O) groups is 1. The molecule has 168 valence electrons. The lowest BCUT2D eigenvalue weighted by Gasteiger charge is -2.21. The molecule has 0 radical (unpaired) electrons. The van der Waals surface area contributed by atoms with Crippen LogP contribution in [0.1, 0.15) is 27.3 Å². The molecule has 0 aliphatic carbocycles. The van der Waals surface area contributed by atoms with Gasteiger partial charge in [0.15, 0.2) is 0 Å². The van der Waals surface area contributed by atoms with Gasteiger partial charge in [-0.1, -0.05) is 30.3 Å². The Hall–Kier alpha value is -3.42. The lowest BCUT2D eigenvalue weighted by Crippen LogP contribution is -2.25. The summed E-state index contributed by atoms with van der Waals surface area (Å²) in [5, 5.41) is 2.95. The summed E-state index contributed by atoms with van der Waals surface area (Å²) in [5.74, 6) is -0.591. The van der Waals surface area contributed by atoms with E-state index in [-0.39, 0.29) is 11.8 Å². The van der Waals surface area contributed by atoms with Crippen LogP contribution in [0.2, 0.25) is 0 Å². The van der Waals surface area contributed by atoms with Gasteiger partial charge < -0.3 is 4.74 Å². The highest BCUT2D eigenvalue weighted by atomic mass is 32.1. The molecule has 0 atom stereocenters. The Labute approximate surface area is 196 Å². The minimum Gasteiger partial charge on any atom is -0.465 e. The van der Waals surface area contributed by atoms with Crippen LogP contribution in [-0.4, -0.2) is 34.5 Å². The van der Waals surface area contributed by atoms with E-state index in [0.29, 0.717) is 18.7 Å². The first kappa shape index (κ1) is 22.8. The molecule has 0 N–H and O–H groups in total. The number of aromatic nitrogens is 2. The van der Waals surface area contributed by atoms with Crippen molar-refractivity contribution in [1.82, 2.24) is 14.9 Å². The number of esters is 1. The van der Waals surface area contributed by atoms with E-state index in [1.165, 1.54) is 19.2 Å². The van der Waals surface area contributed by atoms with Crippen molar-refractivity contribution in [1.29, 1.82) is 0 Å². The average Bonchev–Trinajstić information content (AvgIpc) is 3.32. The van der Waals surface area contributed by atoms with E-state index in [0.717, 1.165) is 40.5 Å². The number of benzene rings is 2. The third kappa shape index (κ3) is 6.31. The fraction of sp³-hybridized carbons (Fsp3) is 0.192. The lowest BCUT2D eigenvalue weighted by atomic mass is 10.1. The molecule has 0 aliphatic heterocycles. The quantitative estimate of drug-likeness (QED) is 0.314. The molecule has 0 amide bonds. The van der Waals surface area contributed by atoms with Gasteiger partial charge in [-0.25, -0.2) is 14.2 Å². The number of thiazole rings is 1. The van der Waals surface area contributed by atoms with E-state index in [2.05, 4.69) is 15.3 Å². The van der Waals surface area contributed by atoms with E-state index in [9.17, 15) is 9.18 Å². The van der Waals surface area contributed by atoms with E-state index in [1.807, 2.05) is 42.5 Å². The molecule has 2 heterocycles. The Morgan fingerprint density at radius 1 is 1.00 bits per heavy atom. The predicted octanol–water partition coefficient (Wildman–Crippen LogP) is 5.38. The monoisotopic (exact) mass is 461 g/mol. The minimum atomic E-state index is -0.356. The minimum absolute atomic E-state index is 0.235. The SMILES string of the molecule is COC(=O)c1ccc(-c2nc(CN(CCc3ccccn3)Cc3ccc(F)cc3)cs2)cc1. The van der Waals surface area contributed by atoms with Gasteiger partial charge in [0.1, 0.15) is 10.8 Å². The summed E-state index contributed by atoms with van der Waals surface area (Å²) < 4.78 is 18.1. The number of methoxy groups -OCH3 is 1. The van der Waals surface area contributed by atoms with Crippen LogP contribution in [0.4, 0.5) is 4.39 Å². The Balaban J connectivity index is 1.47. The zero-order valence-corrected chi connectivity index (χ0v) is 19.1. The Morgan fingerprint density at radius 2 is 1.79 bits per heavy atom. The van der Waals surface area contributed by atoms with Gasteiger partial charge in [-0.2, -0.15) is 0 Å². The highest BCUT2D eigenvalue weighted by Crippen LogP contribution is 2.25. The van der Waals surface area contributed by atoms with Crippen LogP contribution in [0.5, 0.6) is 0 Å².